The minimum atomic E-state index is 0.557. The summed E-state index contributed by atoms with van der Waals surface area (Å²) in [5, 5.41) is 16.2. The second-order valence-electron chi connectivity index (χ2n) is 7.38. The molecule has 0 bridgehead atoms. The van der Waals surface area contributed by atoms with E-state index in [0.717, 1.165) is 50.1 Å². The van der Waals surface area contributed by atoms with Crippen LogP contribution in [0.2, 0.25) is 0 Å². The Morgan fingerprint density at radius 1 is 0.968 bits per heavy atom. The molecule has 4 rings (SSSR count). The standard InChI is InChI=1S/C26H23N5/c1-17-14-19(6-5-13-27)15-18(2)24(17)23-8-4-7-20-16-29-26(31-25(20)23)30-22-11-9-21(28-3)10-12-22/h4-12,14-16,28H,1-3H3,(H,29,30,31)/b6-5+. The number of fused-ring (bicyclic) bond motifs is 1. The van der Waals surface area contributed by atoms with Crippen molar-refractivity contribution in [3.05, 3.63) is 83.6 Å². The largest absolute Gasteiger partial charge is 0.388 e. The number of aromatic nitrogens is 2. The molecule has 1 aromatic heterocycles. The highest BCUT2D eigenvalue weighted by molar-refractivity contribution is 5.95. The molecule has 0 saturated heterocycles. The number of hydrogen-bond donors (Lipinski definition) is 2. The molecule has 0 unspecified atom stereocenters. The van der Waals surface area contributed by atoms with Gasteiger partial charge in [-0.3, -0.25) is 0 Å². The first-order valence-corrected chi connectivity index (χ1v) is 10.1. The van der Waals surface area contributed by atoms with Crippen LogP contribution in [-0.4, -0.2) is 17.0 Å². The van der Waals surface area contributed by atoms with Gasteiger partial charge in [0, 0.05) is 41.6 Å². The van der Waals surface area contributed by atoms with Crippen molar-refractivity contribution >= 4 is 34.3 Å². The molecule has 3 aromatic carbocycles. The molecule has 31 heavy (non-hydrogen) atoms. The summed E-state index contributed by atoms with van der Waals surface area (Å²) in [7, 11) is 1.90. The fraction of sp³-hybridized carbons (Fsp3) is 0.115. The van der Waals surface area contributed by atoms with E-state index in [0.29, 0.717) is 5.95 Å². The predicted octanol–water partition coefficient (Wildman–Crippen LogP) is 6.24. The van der Waals surface area contributed by atoms with Gasteiger partial charge in [0.25, 0.3) is 0 Å². The molecule has 0 spiro atoms. The summed E-state index contributed by atoms with van der Waals surface area (Å²) < 4.78 is 0. The Labute approximate surface area is 182 Å². The maximum Gasteiger partial charge on any atom is 0.227 e. The summed E-state index contributed by atoms with van der Waals surface area (Å²) in [4.78, 5) is 9.34. The van der Waals surface area contributed by atoms with Crippen LogP contribution in [0.3, 0.4) is 0 Å². The van der Waals surface area contributed by atoms with Crippen molar-refractivity contribution < 1.29 is 0 Å². The Morgan fingerprint density at radius 3 is 2.35 bits per heavy atom. The Hall–Kier alpha value is -4.17. The number of nitrogens with zero attached hydrogens (tertiary/aromatic N) is 3. The zero-order valence-electron chi connectivity index (χ0n) is 17.8. The third kappa shape index (κ3) is 4.24. The van der Waals surface area contributed by atoms with Gasteiger partial charge in [-0.05, 0) is 66.4 Å². The van der Waals surface area contributed by atoms with Crippen LogP contribution in [0.5, 0.6) is 0 Å². The quantitative estimate of drug-likeness (QED) is 0.385. The Balaban J connectivity index is 1.77. The van der Waals surface area contributed by atoms with Gasteiger partial charge in [0.15, 0.2) is 0 Å². The van der Waals surface area contributed by atoms with E-state index >= 15 is 0 Å². The molecular formula is C26H23N5. The van der Waals surface area contributed by atoms with E-state index in [2.05, 4.69) is 53.7 Å². The second kappa shape index (κ2) is 8.68. The molecule has 1 heterocycles. The lowest BCUT2D eigenvalue weighted by Gasteiger charge is -2.14. The fourth-order valence-corrected chi connectivity index (χ4v) is 3.82. The molecule has 152 valence electrons. The average molecular weight is 406 g/mol. The highest BCUT2D eigenvalue weighted by Gasteiger charge is 2.12. The van der Waals surface area contributed by atoms with E-state index in [1.54, 1.807) is 0 Å². The van der Waals surface area contributed by atoms with Crippen molar-refractivity contribution in [2.75, 3.05) is 17.7 Å². The fourth-order valence-electron chi connectivity index (χ4n) is 3.82. The monoisotopic (exact) mass is 405 g/mol. The normalized spacial score (nSPS) is 10.9. The van der Waals surface area contributed by atoms with Crippen LogP contribution in [0.4, 0.5) is 17.3 Å². The van der Waals surface area contributed by atoms with Crippen molar-refractivity contribution in [3.8, 4) is 17.2 Å². The van der Waals surface area contributed by atoms with E-state index in [-0.39, 0.29) is 0 Å². The molecule has 0 fully saturated rings. The molecule has 5 nitrogen and oxygen atoms in total. The lowest BCUT2D eigenvalue weighted by Crippen LogP contribution is -1.99. The van der Waals surface area contributed by atoms with Gasteiger partial charge in [0.2, 0.25) is 5.95 Å². The zero-order valence-corrected chi connectivity index (χ0v) is 17.8. The van der Waals surface area contributed by atoms with Crippen LogP contribution >= 0.6 is 0 Å². The minimum absolute atomic E-state index is 0.557. The van der Waals surface area contributed by atoms with Gasteiger partial charge < -0.3 is 10.6 Å². The molecule has 2 N–H and O–H groups in total. The molecule has 0 atom stereocenters. The van der Waals surface area contributed by atoms with Crippen LogP contribution in [0.25, 0.3) is 28.1 Å². The number of allylic oxidation sites excluding steroid dienone is 1. The maximum atomic E-state index is 8.81. The van der Waals surface area contributed by atoms with E-state index in [1.807, 2.05) is 55.7 Å². The maximum absolute atomic E-state index is 8.81. The number of nitrogens with one attached hydrogen (secondary N) is 2. The van der Waals surface area contributed by atoms with Crippen LogP contribution in [-0.2, 0) is 0 Å². The van der Waals surface area contributed by atoms with E-state index in [9.17, 15) is 0 Å². The topological polar surface area (TPSA) is 73.6 Å². The summed E-state index contributed by atoms with van der Waals surface area (Å²) >= 11 is 0. The Bertz CT molecular complexity index is 1290. The summed E-state index contributed by atoms with van der Waals surface area (Å²) in [6, 6.07) is 20.4. The first kappa shape index (κ1) is 20.1. The Kier molecular flexibility index (Phi) is 5.63. The third-order valence-electron chi connectivity index (χ3n) is 5.22. The molecule has 0 aliphatic heterocycles. The molecule has 5 heteroatoms. The van der Waals surface area contributed by atoms with Crippen molar-refractivity contribution in [1.29, 1.82) is 5.26 Å². The number of rotatable bonds is 5. The number of hydrogen-bond acceptors (Lipinski definition) is 5. The van der Waals surface area contributed by atoms with Crippen LogP contribution in [0.1, 0.15) is 16.7 Å². The van der Waals surface area contributed by atoms with Crippen LogP contribution in [0, 0.1) is 25.2 Å². The summed E-state index contributed by atoms with van der Waals surface area (Å²) in [6.45, 7) is 4.18. The smallest absolute Gasteiger partial charge is 0.227 e. The van der Waals surface area contributed by atoms with E-state index < -0.39 is 0 Å². The van der Waals surface area contributed by atoms with Crippen molar-refractivity contribution in [3.63, 3.8) is 0 Å². The third-order valence-corrected chi connectivity index (χ3v) is 5.22. The first-order chi connectivity index (χ1) is 15.1. The summed E-state index contributed by atoms with van der Waals surface area (Å²) in [5.74, 6) is 0.557. The van der Waals surface area contributed by atoms with Gasteiger partial charge in [0.1, 0.15) is 0 Å². The van der Waals surface area contributed by atoms with Gasteiger partial charge in [-0.25, -0.2) is 9.97 Å². The highest BCUT2D eigenvalue weighted by atomic mass is 15.1. The number of benzene rings is 3. The van der Waals surface area contributed by atoms with Crippen LogP contribution in [0.15, 0.2) is 66.9 Å². The van der Waals surface area contributed by atoms with Crippen molar-refractivity contribution in [1.82, 2.24) is 9.97 Å². The average Bonchev–Trinajstić information content (AvgIpc) is 2.78. The minimum Gasteiger partial charge on any atom is -0.388 e. The molecule has 4 aromatic rings. The lowest BCUT2D eigenvalue weighted by atomic mass is 9.92. The Morgan fingerprint density at radius 2 is 1.68 bits per heavy atom. The highest BCUT2D eigenvalue weighted by Crippen LogP contribution is 2.34. The SMILES string of the molecule is CNc1ccc(Nc2ncc3cccc(-c4c(C)cc(/C=C/C#N)cc4C)c3n2)cc1. The molecule has 0 aliphatic carbocycles. The van der Waals surface area contributed by atoms with E-state index in [4.69, 9.17) is 10.2 Å². The molecule has 0 amide bonds. The van der Waals surface area contributed by atoms with E-state index in [1.165, 1.54) is 6.08 Å². The van der Waals surface area contributed by atoms with Gasteiger partial charge in [-0.2, -0.15) is 5.26 Å². The predicted molar refractivity (Wildman–Crippen MR) is 128 cm³/mol. The lowest BCUT2D eigenvalue weighted by molar-refractivity contribution is 1.21. The zero-order chi connectivity index (χ0) is 21.8. The van der Waals surface area contributed by atoms with Gasteiger partial charge >= 0.3 is 0 Å². The molecule has 0 saturated carbocycles. The summed E-state index contributed by atoms with van der Waals surface area (Å²) in [6.07, 6.45) is 5.18. The second-order valence-corrected chi connectivity index (χ2v) is 7.38. The number of para-hydroxylation sites is 1. The van der Waals surface area contributed by atoms with Gasteiger partial charge in [-0.1, -0.05) is 30.3 Å². The number of anilines is 3. The number of aryl methyl sites for hydroxylation is 2. The van der Waals surface area contributed by atoms with Gasteiger partial charge in [0.05, 0.1) is 11.6 Å². The van der Waals surface area contributed by atoms with Crippen molar-refractivity contribution in [2.45, 2.75) is 13.8 Å². The first-order valence-electron chi connectivity index (χ1n) is 10.1. The molecule has 0 aliphatic rings. The van der Waals surface area contributed by atoms with Crippen molar-refractivity contribution in [2.24, 2.45) is 0 Å². The molecule has 0 radical (unpaired) electrons. The van der Waals surface area contributed by atoms with Crippen LogP contribution < -0.4 is 10.6 Å². The summed E-state index contributed by atoms with van der Waals surface area (Å²) in [5.41, 5.74) is 8.40. The molecular weight excluding hydrogens is 382 g/mol. The van der Waals surface area contributed by atoms with Gasteiger partial charge in [-0.15, -0.1) is 0 Å². The number of nitriles is 1.